The highest BCUT2D eigenvalue weighted by Gasteiger charge is 2.35. The summed E-state index contributed by atoms with van der Waals surface area (Å²) in [6.07, 6.45) is 6.38. The monoisotopic (exact) mass is 238 g/mol. The Bertz CT molecular complexity index is 261. The third-order valence-electron chi connectivity index (χ3n) is 4.47. The Balaban J connectivity index is 1.98. The highest BCUT2D eigenvalue weighted by molar-refractivity contribution is 5.80. The van der Waals surface area contributed by atoms with Gasteiger partial charge in [0.15, 0.2) is 0 Å². The fourth-order valence-corrected chi connectivity index (χ4v) is 3.34. The molecule has 2 aliphatic rings. The van der Waals surface area contributed by atoms with Crippen LogP contribution in [0, 0.1) is 11.8 Å². The lowest BCUT2D eigenvalue weighted by Gasteiger charge is -2.35. The molecule has 1 saturated heterocycles. The van der Waals surface area contributed by atoms with E-state index in [2.05, 4.69) is 24.1 Å². The second-order valence-corrected chi connectivity index (χ2v) is 5.66. The molecule has 0 aromatic rings. The molecular weight excluding hydrogens is 212 g/mol. The molecule has 1 saturated carbocycles. The molecule has 2 fully saturated rings. The summed E-state index contributed by atoms with van der Waals surface area (Å²) in [5, 5.41) is 3.34. The van der Waals surface area contributed by atoms with Gasteiger partial charge in [-0.1, -0.05) is 26.2 Å². The minimum absolute atomic E-state index is 0.219. The molecule has 1 aliphatic heterocycles. The minimum Gasteiger partial charge on any atom is -0.340 e. The molecule has 3 heteroatoms. The Hall–Kier alpha value is -0.570. The van der Waals surface area contributed by atoms with Crippen molar-refractivity contribution < 1.29 is 4.79 Å². The van der Waals surface area contributed by atoms with E-state index in [0.29, 0.717) is 17.9 Å². The van der Waals surface area contributed by atoms with E-state index in [9.17, 15) is 4.79 Å². The average molecular weight is 238 g/mol. The summed E-state index contributed by atoms with van der Waals surface area (Å²) in [6.45, 7) is 7.07. The van der Waals surface area contributed by atoms with E-state index in [1.54, 1.807) is 0 Å². The van der Waals surface area contributed by atoms with Gasteiger partial charge in [0, 0.05) is 19.1 Å². The van der Waals surface area contributed by atoms with E-state index in [1.807, 2.05) is 0 Å². The molecule has 2 atom stereocenters. The maximum absolute atomic E-state index is 12.6. The van der Waals surface area contributed by atoms with Crippen molar-refractivity contribution in [1.29, 1.82) is 0 Å². The van der Waals surface area contributed by atoms with Gasteiger partial charge in [0.05, 0.1) is 5.92 Å². The fourth-order valence-electron chi connectivity index (χ4n) is 3.34. The van der Waals surface area contributed by atoms with Gasteiger partial charge in [0.25, 0.3) is 0 Å². The van der Waals surface area contributed by atoms with Gasteiger partial charge in [0.1, 0.15) is 0 Å². The first kappa shape index (κ1) is 12.9. The van der Waals surface area contributed by atoms with Crippen molar-refractivity contribution in [3.63, 3.8) is 0 Å². The van der Waals surface area contributed by atoms with Crippen molar-refractivity contribution in [2.75, 3.05) is 19.6 Å². The van der Waals surface area contributed by atoms with Crippen LogP contribution in [0.3, 0.4) is 0 Å². The molecule has 1 heterocycles. The number of amides is 1. The van der Waals surface area contributed by atoms with Gasteiger partial charge in [-0.05, 0) is 32.2 Å². The van der Waals surface area contributed by atoms with Crippen LogP contribution in [0.25, 0.3) is 0 Å². The number of hydrogen-bond acceptors (Lipinski definition) is 2. The summed E-state index contributed by atoms with van der Waals surface area (Å²) < 4.78 is 0. The van der Waals surface area contributed by atoms with Gasteiger partial charge >= 0.3 is 0 Å². The summed E-state index contributed by atoms with van der Waals surface area (Å²) in [5.41, 5.74) is 0. The molecule has 1 amide bonds. The van der Waals surface area contributed by atoms with Crippen LogP contribution in [0.15, 0.2) is 0 Å². The quantitative estimate of drug-likeness (QED) is 0.816. The molecule has 98 valence electrons. The maximum atomic E-state index is 12.6. The number of carbonyl (C=O) groups excluding carboxylic acids is 1. The van der Waals surface area contributed by atoms with Crippen LogP contribution in [0.4, 0.5) is 0 Å². The van der Waals surface area contributed by atoms with Crippen molar-refractivity contribution in [3.05, 3.63) is 0 Å². The van der Waals surface area contributed by atoms with E-state index in [4.69, 9.17) is 0 Å². The molecule has 3 nitrogen and oxygen atoms in total. The Morgan fingerprint density at radius 3 is 2.47 bits per heavy atom. The number of hydrogen-bond donors (Lipinski definition) is 1. The second-order valence-electron chi connectivity index (χ2n) is 5.66. The Labute approximate surface area is 105 Å². The van der Waals surface area contributed by atoms with Crippen molar-refractivity contribution in [1.82, 2.24) is 10.2 Å². The van der Waals surface area contributed by atoms with Crippen molar-refractivity contribution in [2.45, 2.75) is 52.0 Å². The fraction of sp³-hybridized carbons (Fsp3) is 0.929. The molecule has 17 heavy (non-hydrogen) atoms. The highest BCUT2D eigenvalue weighted by Crippen LogP contribution is 2.26. The summed E-state index contributed by atoms with van der Waals surface area (Å²) >= 11 is 0. The Kier molecular flexibility index (Phi) is 4.43. The molecule has 0 unspecified atom stereocenters. The summed E-state index contributed by atoms with van der Waals surface area (Å²) in [4.78, 5) is 14.7. The zero-order valence-electron chi connectivity index (χ0n) is 11.2. The topological polar surface area (TPSA) is 32.3 Å². The third kappa shape index (κ3) is 2.82. The standard InChI is InChI=1S/C14H26N2O/c1-3-16(12-7-5-4-6-8-12)14(17)13-10-15-9-11(13)2/h11-13,15H,3-10H2,1-2H3/t11-,13-/m1/s1. The average Bonchev–Trinajstić information content (AvgIpc) is 2.77. The van der Waals surface area contributed by atoms with E-state index in [1.165, 1.54) is 32.1 Å². The predicted octanol–water partition coefficient (Wildman–Crippen LogP) is 2.02. The summed E-state index contributed by atoms with van der Waals surface area (Å²) in [6, 6.07) is 0.522. The van der Waals surface area contributed by atoms with E-state index in [0.717, 1.165) is 19.6 Å². The number of rotatable bonds is 3. The molecular formula is C14H26N2O. The van der Waals surface area contributed by atoms with Crippen molar-refractivity contribution >= 4 is 5.91 Å². The van der Waals surface area contributed by atoms with Gasteiger partial charge in [-0.15, -0.1) is 0 Å². The van der Waals surface area contributed by atoms with Crippen LogP contribution >= 0.6 is 0 Å². The molecule has 1 aliphatic carbocycles. The Morgan fingerprint density at radius 2 is 1.94 bits per heavy atom. The van der Waals surface area contributed by atoms with Crippen LogP contribution in [-0.2, 0) is 4.79 Å². The number of nitrogens with zero attached hydrogens (tertiary/aromatic N) is 1. The van der Waals surface area contributed by atoms with E-state index in [-0.39, 0.29) is 5.92 Å². The summed E-state index contributed by atoms with van der Waals surface area (Å²) in [5.74, 6) is 1.12. The van der Waals surface area contributed by atoms with E-state index < -0.39 is 0 Å². The molecule has 0 bridgehead atoms. The smallest absolute Gasteiger partial charge is 0.227 e. The summed E-state index contributed by atoms with van der Waals surface area (Å²) in [7, 11) is 0. The van der Waals surface area contributed by atoms with E-state index >= 15 is 0 Å². The molecule has 0 radical (unpaired) electrons. The highest BCUT2D eigenvalue weighted by atomic mass is 16.2. The lowest BCUT2D eigenvalue weighted by atomic mass is 9.91. The first-order valence-corrected chi connectivity index (χ1v) is 7.25. The van der Waals surface area contributed by atoms with Crippen molar-refractivity contribution in [3.8, 4) is 0 Å². The van der Waals surface area contributed by atoms with Crippen molar-refractivity contribution in [2.24, 2.45) is 11.8 Å². The van der Waals surface area contributed by atoms with Crippen LogP contribution in [-0.4, -0.2) is 36.5 Å². The Morgan fingerprint density at radius 1 is 1.24 bits per heavy atom. The number of carbonyl (C=O) groups is 1. The minimum atomic E-state index is 0.219. The molecule has 0 aromatic carbocycles. The van der Waals surface area contributed by atoms with Crippen LogP contribution < -0.4 is 5.32 Å². The first-order chi connectivity index (χ1) is 8.24. The van der Waals surface area contributed by atoms with Gasteiger partial charge in [-0.3, -0.25) is 4.79 Å². The zero-order valence-corrected chi connectivity index (χ0v) is 11.2. The van der Waals surface area contributed by atoms with Gasteiger partial charge in [0.2, 0.25) is 5.91 Å². The van der Waals surface area contributed by atoms with Crippen LogP contribution in [0.1, 0.15) is 46.0 Å². The predicted molar refractivity (Wildman–Crippen MR) is 69.8 cm³/mol. The molecule has 0 aromatic heterocycles. The molecule has 1 N–H and O–H groups in total. The molecule has 2 rings (SSSR count). The zero-order chi connectivity index (χ0) is 12.3. The SMILES string of the molecule is CCN(C(=O)[C@@H]1CNC[C@H]1C)C1CCCCC1. The van der Waals surface area contributed by atoms with Gasteiger partial charge < -0.3 is 10.2 Å². The lowest BCUT2D eigenvalue weighted by Crippen LogP contribution is -2.45. The van der Waals surface area contributed by atoms with Gasteiger partial charge in [-0.25, -0.2) is 0 Å². The maximum Gasteiger partial charge on any atom is 0.227 e. The first-order valence-electron chi connectivity index (χ1n) is 7.25. The largest absolute Gasteiger partial charge is 0.340 e. The van der Waals surface area contributed by atoms with Crippen LogP contribution in [0.2, 0.25) is 0 Å². The molecule has 0 spiro atoms. The van der Waals surface area contributed by atoms with Gasteiger partial charge in [-0.2, -0.15) is 0 Å². The normalized spacial score (nSPS) is 30.5. The number of nitrogens with one attached hydrogen (secondary N) is 1. The third-order valence-corrected chi connectivity index (χ3v) is 4.47. The second kappa shape index (κ2) is 5.85. The van der Waals surface area contributed by atoms with Crippen LogP contribution in [0.5, 0.6) is 0 Å². The lowest BCUT2D eigenvalue weighted by molar-refractivity contribution is -0.138.